The number of amides is 4. The Bertz CT molecular complexity index is 916. The maximum absolute atomic E-state index is 13.7. The largest absolute Gasteiger partial charge is 0.330 e. The maximum Gasteiger partial charge on any atom is 0.330 e. The monoisotopic (exact) mass is 443 g/mol. The molecule has 1 aliphatic heterocycles. The van der Waals surface area contributed by atoms with E-state index in [0.717, 1.165) is 17.0 Å². The molecule has 8 nitrogen and oxygen atoms in total. The van der Waals surface area contributed by atoms with E-state index in [9.17, 15) is 32.2 Å². The van der Waals surface area contributed by atoms with Gasteiger partial charge in [-0.25, -0.2) is 22.5 Å². The number of barbiturate groups is 1. The van der Waals surface area contributed by atoms with Crippen molar-refractivity contribution in [2.24, 2.45) is 5.92 Å². The van der Waals surface area contributed by atoms with Gasteiger partial charge in [0.2, 0.25) is 5.91 Å². The standard InChI is InChI=1S/C19H23F2N3O5S/c1-5-24-17(27)15(16(26)22-18(24)28)14(25)9-13(23-30(29)19(2,3)4)10-6-7-11(20)12(21)8-10/h6-8,13,15,23H,5,9H2,1-4H3,(H,22,26,28)/t13-,15?,30-/m1/s1. The Hall–Kier alpha value is -2.53. The highest BCUT2D eigenvalue weighted by Gasteiger charge is 2.44. The van der Waals surface area contributed by atoms with Crippen LogP contribution in [0.3, 0.4) is 0 Å². The summed E-state index contributed by atoms with van der Waals surface area (Å²) >= 11 is 0. The molecule has 1 fully saturated rings. The van der Waals surface area contributed by atoms with Crippen LogP contribution in [-0.4, -0.2) is 44.0 Å². The molecular formula is C19H23F2N3O5S. The summed E-state index contributed by atoms with van der Waals surface area (Å²) in [4.78, 5) is 49.9. The molecule has 1 unspecified atom stereocenters. The maximum atomic E-state index is 13.7. The highest BCUT2D eigenvalue weighted by Crippen LogP contribution is 2.25. The molecule has 4 amide bonds. The van der Waals surface area contributed by atoms with E-state index in [1.54, 1.807) is 20.8 Å². The summed E-state index contributed by atoms with van der Waals surface area (Å²) in [6, 6.07) is 0.944. The van der Waals surface area contributed by atoms with Crippen LogP contribution in [-0.2, 0) is 25.4 Å². The SMILES string of the molecule is CCN1C(=O)NC(=O)C(C(=O)C[C@@H](N[S@](=O)C(C)(C)C)c2ccc(F)c(F)c2)C1=O. The second-order valence-corrected chi connectivity index (χ2v) is 9.70. The zero-order chi connectivity index (χ0) is 22.8. The number of nitrogens with one attached hydrogen (secondary N) is 2. The van der Waals surface area contributed by atoms with Crippen LogP contribution in [0.25, 0.3) is 0 Å². The Morgan fingerprint density at radius 2 is 1.87 bits per heavy atom. The van der Waals surface area contributed by atoms with Crippen molar-refractivity contribution in [1.82, 2.24) is 14.9 Å². The summed E-state index contributed by atoms with van der Waals surface area (Å²) in [5.41, 5.74) is 0.118. The fourth-order valence-electron chi connectivity index (χ4n) is 2.78. The minimum absolute atomic E-state index is 0.0411. The fourth-order valence-corrected chi connectivity index (χ4v) is 3.61. The van der Waals surface area contributed by atoms with Gasteiger partial charge >= 0.3 is 6.03 Å². The van der Waals surface area contributed by atoms with E-state index in [0.29, 0.717) is 0 Å². The fraction of sp³-hybridized carbons (Fsp3) is 0.474. The number of nitrogens with zero attached hydrogens (tertiary/aromatic N) is 1. The van der Waals surface area contributed by atoms with E-state index in [-0.39, 0.29) is 12.1 Å². The Morgan fingerprint density at radius 1 is 1.23 bits per heavy atom. The quantitative estimate of drug-likeness (QED) is 0.624. The van der Waals surface area contributed by atoms with Crippen LogP contribution >= 0.6 is 0 Å². The van der Waals surface area contributed by atoms with Crippen molar-refractivity contribution >= 4 is 34.6 Å². The lowest BCUT2D eigenvalue weighted by Crippen LogP contribution is -2.59. The lowest BCUT2D eigenvalue weighted by atomic mass is 9.92. The molecule has 0 bridgehead atoms. The molecule has 1 aromatic rings. The van der Waals surface area contributed by atoms with Gasteiger partial charge in [0.1, 0.15) is 0 Å². The van der Waals surface area contributed by atoms with Crippen molar-refractivity contribution in [2.45, 2.75) is 44.9 Å². The van der Waals surface area contributed by atoms with Crippen molar-refractivity contribution in [3.05, 3.63) is 35.4 Å². The van der Waals surface area contributed by atoms with Gasteiger partial charge in [0.25, 0.3) is 5.91 Å². The third kappa shape index (κ3) is 5.14. The van der Waals surface area contributed by atoms with Crippen molar-refractivity contribution in [1.29, 1.82) is 0 Å². The number of urea groups is 1. The van der Waals surface area contributed by atoms with E-state index >= 15 is 0 Å². The summed E-state index contributed by atoms with van der Waals surface area (Å²) < 4.78 is 41.6. The van der Waals surface area contributed by atoms with Crippen LogP contribution in [0.4, 0.5) is 13.6 Å². The van der Waals surface area contributed by atoms with Crippen molar-refractivity contribution in [2.75, 3.05) is 6.54 Å². The number of hydrogen-bond donors (Lipinski definition) is 2. The number of carbonyl (C=O) groups excluding carboxylic acids is 4. The topological polar surface area (TPSA) is 113 Å². The smallest absolute Gasteiger partial charge is 0.298 e. The Labute approximate surface area is 175 Å². The molecule has 0 aromatic heterocycles. The minimum atomic E-state index is -1.76. The molecule has 3 atom stereocenters. The first-order valence-electron chi connectivity index (χ1n) is 9.18. The second-order valence-electron chi connectivity index (χ2n) is 7.71. The molecule has 164 valence electrons. The molecule has 0 radical (unpaired) electrons. The zero-order valence-electron chi connectivity index (χ0n) is 17.0. The summed E-state index contributed by atoms with van der Waals surface area (Å²) in [6.45, 7) is 6.48. The van der Waals surface area contributed by atoms with Gasteiger partial charge in [-0.3, -0.25) is 24.6 Å². The molecule has 11 heteroatoms. The van der Waals surface area contributed by atoms with E-state index in [1.807, 2.05) is 5.32 Å². The molecule has 0 spiro atoms. The van der Waals surface area contributed by atoms with Gasteiger partial charge in [-0.1, -0.05) is 6.07 Å². The number of ketones is 1. The predicted molar refractivity (Wildman–Crippen MR) is 104 cm³/mol. The van der Waals surface area contributed by atoms with Crippen LogP contribution in [0.15, 0.2) is 18.2 Å². The van der Waals surface area contributed by atoms with Crippen molar-refractivity contribution in [3.8, 4) is 0 Å². The van der Waals surface area contributed by atoms with Gasteiger partial charge in [-0.15, -0.1) is 0 Å². The molecular weight excluding hydrogens is 420 g/mol. The average Bonchev–Trinajstić information content (AvgIpc) is 2.62. The molecule has 1 heterocycles. The van der Waals surface area contributed by atoms with Gasteiger partial charge < -0.3 is 0 Å². The highest BCUT2D eigenvalue weighted by atomic mass is 32.2. The van der Waals surface area contributed by atoms with Crippen LogP contribution in [0.2, 0.25) is 0 Å². The number of halogens is 2. The number of hydrogen-bond acceptors (Lipinski definition) is 5. The van der Waals surface area contributed by atoms with E-state index < -0.39 is 69.4 Å². The summed E-state index contributed by atoms with van der Waals surface area (Å²) in [5.74, 6) is -6.89. The molecule has 0 saturated carbocycles. The summed E-state index contributed by atoms with van der Waals surface area (Å²) in [5, 5.41) is 1.95. The van der Waals surface area contributed by atoms with Gasteiger partial charge in [0.15, 0.2) is 23.3 Å². The number of imide groups is 2. The number of Topliss-reactive ketones (excluding diaryl/α,β-unsaturated/α-hetero) is 1. The first-order valence-corrected chi connectivity index (χ1v) is 10.3. The molecule has 1 aliphatic rings. The molecule has 1 saturated heterocycles. The lowest BCUT2D eigenvalue weighted by molar-refractivity contribution is -0.147. The normalized spacial score (nSPS) is 19.5. The van der Waals surface area contributed by atoms with Crippen LogP contribution in [0, 0.1) is 17.6 Å². The zero-order valence-corrected chi connectivity index (χ0v) is 17.8. The molecule has 1 aromatic carbocycles. The Morgan fingerprint density at radius 3 is 2.40 bits per heavy atom. The van der Waals surface area contributed by atoms with Gasteiger partial charge in [-0.2, -0.15) is 0 Å². The number of benzene rings is 1. The predicted octanol–water partition coefficient (Wildman–Crippen LogP) is 1.73. The molecule has 30 heavy (non-hydrogen) atoms. The van der Waals surface area contributed by atoms with Crippen molar-refractivity contribution in [3.63, 3.8) is 0 Å². The average molecular weight is 443 g/mol. The van der Waals surface area contributed by atoms with Crippen LogP contribution in [0.1, 0.15) is 45.7 Å². The lowest BCUT2D eigenvalue weighted by Gasteiger charge is -2.30. The van der Waals surface area contributed by atoms with Gasteiger partial charge in [0.05, 0.1) is 21.8 Å². The Balaban J connectivity index is 2.34. The Kier molecular flexibility index (Phi) is 7.19. The van der Waals surface area contributed by atoms with Crippen LogP contribution < -0.4 is 10.0 Å². The minimum Gasteiger partial charge on any atom is -0.298 e. The van der Waals surface area contributed by atoms with Crippen LogP contribution in [0.5, 0.6) is 0 Å². The number of rotatable bonds is 7. The molecule has 2 rings (SSSR count). The van der Waals surface area contributed by atoms with Gasteiger partial charge in [-0.05, 0) is 45.4 Å². The highest BCUT2D eigenvalue weighted by molar-refractivity contribution is 7.84. The molecule has 2 N–H and O–H groups in total. The summed E-state index contributed by atoms with van der Waals surface area (Å²) in [7, 11) is -1.70. The second kappa shape index (κ2) is 9.09. The number of carbonyl (C=O) groups is 4. The summed E-state index contributed by atoms with van der Waals surface area (Å²) in [6.07, 6.45) is -0.511. The van der Waals surface area contributed by atoms with E-state index in [2.05, 4.69) is 4.72 Å². The van der Waals surface area contributed by atoms with E-state index in [4.69, 9.17) is 0 Å². The van der Waals surface area contributed by atoms with Gasteiger partial charge in [0, 0.05) is 13.0 Å². The molecule has 0 aliphatic carbocycles. The third-order valence-electron chi connectivity index (χ3n) is 4.45. The van der Waals surface area contributed by atoms with Crippen molar-refractivity contribution < 1.29 is 32.2 Å². The third-order valence-corrected chi connectivity index (χ3v) is 6.06. The van der Waals surface area contributed by atoms with E-state index in [1.165, 1.54) is 13.0 Å². The first kappa shape index (κ1) is 23.7. The first-order chi connectivity index (χ1) is 13.9.